The van der Waals surface area contributed by atoms with Crippen LogP contribution in [-0.2, 0) is 14.9 Å². The standard InChI is InChI=1S/C17H24N2O2/c1-21-15-11-14(12-15)19-16(20)17(7-9-18-10-8-17)13-5-3-2-4-6-13/h2-6,14-15,18H,7-12H2,1H3,(H,19,20). The Hall–Kier alpha value is -1.39. The maximum Gasteiger partial charge on any atom is 0.230 e. The quantitative estimate of drug-likeness (QED) is 0.885. The van der Waals surface area contributed by atoms with Crippen molar-refractivity contribution in [3.63, 3.8) is 0 Å². The number of rotatable bonds is 4. The van der Waals surface area contributed by atoms with Crippen LogP contribution in [0.5, 0.6) is 0 Å². The highest BCUT2D eigenvalue weighted by atomic mass is 16.5. The van der Waals surface area contributed by atoms with Crippen LogP contribution in [0.25, 0.3) is 0 Å². The molecule has 114 valence electrons. The van der Waals surface area contributed by atoms with Gasteiger partial charge in [0.05, 0.1) is 11.5 Å². The second-order valence-electron chi connectivity index (χ2n) is 6.20. The second-order valence-corrected chi connectivity index (χ2v) is 6.20. The first-order valence-corrected chi connectivity index (χ1v) is 7.84. The molecular weight excluding hydrogens is 264 g/mol. The minimum absolute atomic E-state index is 0.190. The lowest BCUT2D eigenvalue weighted by atomic mass is 9.72. The fourth-order valence-electron chi connectivity index (χ4n) is 3.46. The van der Waals surface area contributed by atoms with Crippen LogP contribution in [0.4, 0.5) is 0 Å². The number of hydrogen-bond donors (Lipinski definition) is 2. The molecule has 1 aromatic rings. The number of carbonyl (C=O) groups excluding carboxylic acids is 1. The van der Waals surface area contributed by atoms with Crippen molar-refractivity contribution in [3.05, 3.63) is 35.9 Å². The predicted molar refractivity (Wildman–Crippen MR) is 82.2 cm³/mol. The highest BCUT2D eigenvalue weighted by Crippen LogP contribution is 2.35. The minimum Gasteiger partial charge on any atom is -0.381 e. The van der Waals surface area contributed by atoms with Crippen molar-refractivity contribution in [2.24, 2.45) is 0 Å². The largest absolute Gasteiger partial charge is 0.381 e. The second kappa shape index (κ2) is 6.16. The molecule has 21 heavy (non-hydrogen) atoms. The molecule has 0 radical (unpaired) electrons. The maximum absolute atomic E-state index is 12.9. The number of carbonyl (C=O) groups is 1. The van der Waals surface area contributed by atoms with Crippen LogP contribution in [0.15, 0.2) is 30.3 Å². The van der Waals surface area contributed by atoms with E-state index in [1.807, 2.05) is 18.2 Å². The molecule has 1 saturated heterocycles. The van der Waals surface area contributed by atoms with Gasteiger partial charge in [0.1, 0.15) is 0 Å². The molecule has 1 aliphatic heterocycles. The fraction of sp³-hybridized carbons (Fsp3) is 0.588. The topological polar surface area (TPSA) is 50.4 Å². The number of methoxy groups -OCH3 is 1. The van der Waals surface area contributed by atoms with Crippen molar-refractivity contribution in [2.45, 2.75) is 43.2 Å². The molecule has 1 heterocycles. The highest BCUT2D eigenvalue weighted by molar-refractivity contribution is 5.88. The Balaban J connectivity index is 1.75. The fourth-order valence-corrected chi connectivity index (χ4v) is 3.46. The molecule has 0 spiro atoms. The highest BCUT2D eigenvalue weighted by Gasteiger charge is 2.43. The molecule has 0 atom stereocenters. The van der Waals surface area contributed by atoms with E-state index in [4.69, 9.17) is 4.74 Å². The molecule has 0 aromatic heterocycles. The zero-order chi connectivity index (χ0) is 14.7. The summed E-state index contributed by atoms with van der Waals surface area (Å²) in [4.78, 5) is 12.9. The molecule has 1 aliphatic carbocycles. The van der Waals surface area contributed by atoms with Crippen molar-refractivity contribution < 1.29 is 9.53 Å². The summed E-state index contributed by atoms with van der Waals surface area (Å²) in [5, 5.41) is 6.60. The third-order valence-electron chi connectivity index (χ3n) is 4.98. The van der Waals surface area contributed by atoms with E-state index >= 15 is 0 Å². The number of amides is 1. The molecule has 3 rings (SSSR count). The molecular formula is C17H24N2O2. The van der Waals surface area contributed by atoms with Gasteiger partial charge in [0.15, 0.2) is 0 Å². The Morgan fingerprint density at radius 1 is 1.24 bits per heavy atom. The lowest BCUT2D eigenvalue weighted by Crippen LogP contribution is -2.56. The number of hydrogen-bond acceptors (Lipinski definition) is 3. The summed E-state index contributed by atoms with van der Waals surface area (Å²) in [5.74, 6) is 0.190. The first kappa shape index (κ1) is 14.5. The van der Waals surface area contributed by atoms with Gasteiger partial charge in [-0.3, -0.25) is 4.79 Å². The third kappa shape index (κ3) is 2.83. The summed E-state index contributed by atoms with van der Waals surface area (Å²) in [7, 11) is 1.74. The lowest BCUT2D eigenvalue weighted by molar-refractivity contribution is -0.130. The molecule has 1 amide bonds. The van der Waals surface area contributed by atoms with Gasteiger partial charge in [-0.1, -0.05) is 30.3 Å². The first-order chi connectivity index (χ1) is 10.2. The van der Waals surface area contributed by atoms with Crippen molar-refractivity contribution in [3.8, 4) is 0 Å². The Labute approximate surface area is 126 Å². The molecule has 2 fully saturated rings. The van der Waals surface area contributed by atoms with Gasteiger partial charge in [0.2, 0.25) is 5.91 Å². The van der Waals surface area contributed by atoms with Crippen LogP contribution in [0.1, 0.15) is 31.2 Å². The zero-order valence-corrected chi connectivity index (χ0v) is 12.6. The summed E-state index contributed by atoms with van der Waals surface area (Å²) >= 11 is 0. The molecule has 2 N–H and O–H groups in total. The van der Waals surface area contributed by atoms with E-state index in [0.717, 1.165) is 44.3 Å². The van der Waals surface area contributed by atoms with Crippen LogP contribution in [0, 0.1) is 0 Å². The van der Waals surface area contributed by atoms with Crippen molar-refractivity contribution >= 4 is 5.91 Å². The lowest BCUT2D eigenvalue weighted by Gasteiger charge is -2.41. The Kier molecular flexibility index (Phi) is 4.27. The molecule has 4 nitrogen and oxygen atoms in total. The number of piperidine rings is 1. The monoisotopic (exact) mass is 288 g/mol. The summed E-state index contributed by atoms with van der Waals surface area (Å²) in [6.45, 7) is 1.79. The Morgan fingerprint density at radius 2 is 1.90 bits per heavy atom. The Bertz CT molecular complexity index is 477. The summed E-state index contributed by atoms with van der Waals surface area (Å²) < 4.78 is 5.29. The molecule has 1 saturated carbocycles. The van der Waals surface area contributed by atoms with E-state index in [-0.39, 0.29) is 17.4 Å². The van der Waals surface area contributed by atoms with Gasteiger partial charge in [-0.15, -0.1) is 0 Å². The number of benzene rings is 1. The van der Waals surface area contributed by atoms with Gasteiger partial charge in [-0.05, 0) is 44.3 Å². The summed E-state index contributed by atoms with van der Waals surface area (Å²) in [6, 6.07) is 10.5. The normalized spacial score (nSPS) is 27.7. The van der Waals surface area contributed by atoms with Gasteiger partial charge in [-0.2, -0.15) is 0 Å². The first-order valence-electron chi connectivity index (χ1n) is 7.84. The van der Waals surface area contributed by atoms with Crippen LogP contribution >= 0.6 is 0 Å². The molecule has 0 bridgehead atoms. The van der Waals surface area contributed by atoms with E-state index in [1.165, 1.54) is 0 Å². The SMILES string of the molecule is COC1CC(NC(=O)C2(c3ccccc3)CCNCC2)C1. The van der Waals surface area contributed by atoms with Crippen molar-refractivity contribution in [1.82, 2.24) is 10.6 Å². The molecule has 1 aromatic carbocycles. The van der Waals surface area contributed by atoms with E-state index in [1.54, 1.807) is 7.11 Å². The van der Waals surface area contributed by atoms with Gasteiger partial charge in [-0.25, -0.2) is 0 Å². The zero-order valence-electron chi connectivity index (χ0n) is 12.6. The number of nitrogens with one attached hydrogen (secondary N) is 2. The van der Waals surface area contributed by atoms with Gasteiger partial charge in [0, 0.05) is 13.2 Å². The molecule has 2 aliphatic rings. The van der Waals surface area contributed by atoms with E-state index < -0.39 is 0 Å². The summed E-state index contributed by atoms with van der Waals surface area (Å²) in [6.07, 6.45) is 3.92. The van der Waals surface area contributed by atoms with Crippen LogP contribution in [0.2, 0.25) is 0 Å². The van der Waals surface area contributed by atoms with Crippen LogP contribution in [-0.4, -0.2) is 38.3 Å². The van der Waals surface area contributed by atoms with Crippen molar-refractivity contribution in [1.29, 1.82) is 0 Å². The molecule has 4 heteroatoms. The van der Waals surface area contributed by atoms with Gasteiger partial charge >= 0.3 is 0 Å². The van der Waals surface area contributed by atoms with E-state index in [2.05, 4.69) is 22.8 Å². The predicted octanol–water partition coefficient (Wildman–Crippen LogP) is 1.60. The average Bonchev–Trinajstić information content (AvgIpc) is 2.51. The third-order valence-corrected chi connectivity index (χ3v) is 4.98. The average molecular weight is 288 g/mol. The van der Waals surface area contributed by atoms with Crippen LogP contribution in [0.3, 0.4) is 0 Å². The van der Waals surface area contributed by atoms with E-state index in [0.29, 0.717) is 6.10 Å². The smallest absolute Gasteiger partial charge is 0.230 e. The van der Waals surface area contributed by atoms with E-state index in [9.17, 15) is 4.79 Å². The molecule has 0 unspecified atom stereocenters. The minimum atomic E-state index is -0.370. The maximum atomic E-state index is 12.9. The van der Waals surface area contributed by atoms with Crippen LogP contribution < -0.4 is 10.6 Å². The van der Waals surface area contributed by atoms with Gasteiger partial charge in [0.25, 0.3) is 0 Å². The summed E-state index contributed by atoms with van der Waals surface area (Å²) in [5.41, 5.74) is 0.775. The number of ether oxygens (including phenoxy) is 1. The van der Waals surface area contributed by atoms with Crippen molar-refractivity contribution in [2.75, 3.05) is 20.2 Å². The van der Waals surface area contributed by atoms with Gasteiger partial charge < -0.3 is 15.4 Å². The Morgan fingerprint density at radius 3 is 2.52 bits per heavy atom.